The first-order valence-electron chi connectivity index (χ1n) is 8.56. The number of nitrogens with one attached hydrogen (secondary N) is 1. The van der Waals surface area contributed by atoms with Gasteiger partial charge in [-0.3, -0.25) is 19.3 Å². The van der Waals surface area contributed by atoms with Crippen LogP contribution in [0.4, 0.5) is 11.4 Å². The fourth-order valence-corrected chi connectivity index (χ4v) is 2.95. The summed E-state index contributed by atoms with van der Waals surface area (Å²) in [6, 6.07) is 8.11. The summed E-state index contributed by atoms with van der Waals surface area (Å²) in [5.74, 6) is -0.230. The highest BCUT2D eigenvalue weighted by Gasteiger charge is 2.21. The van der Waals surface area contributed by atoms with E-state index in [0.29, 0.717) is 29.1 Å². The Morgan fingerprint density at radius 2 is 2.11 bits per heavy atom. The topological polar surface area (TPSA) is 98.8 Å². The van der Waals surface area contributed by atoms with Crippen LogP contribution in [0.25, 0.3) is 5.65 Å². The molecule has 3 rings (SSSR count). The van der Waals surface area contributed by atoms with E-state index < -0.39 is 4.92 Å². The molecule has 0 atom stereocenters. The number of nitro groups is 1. The predicted molar refractivity (Wildman–Crippen MR) is 102 cm³/mol. The van der Waals surface area contributed by atoms with Crippen LogP contribution >= 0.6 is 0 Å². The van der Waals surface area contributed by atoms with Crippen LogP contribution in [0.1, 0.15) is 35.1 Å². The van der Waals surface area contributed by atoms with Crippen molar-refractivity contribution in [2.24, 2.45) is 0 Å². The maximum atomic E-state index is 13.0. The molecule has 0 saturated heterocycles. The molecule has 140 valence electrons. The number of aryl methyl sites for hydroxylation is 2. The molecule has 2 heterocycles. The SMILES string of the molecule is CCCc1nc2ccc(C)cn2c1C(=O)Nc1ccc(OC)c([N+](=O)[O-])c1. The van der Waals surface area contributed by atoms with Gasteiger partial charge in [-0.05, 0) is 37.1 Å². The number of carbonyl (C=O) groups is 1. The van der Waals surface area contributed by atoms with Gasteiger partial charge >= 0.3 is 5.69 Å². The predicted octanol–water partition coefficient (Wildman–Crippen LogP) is 3.76. The standard InChI is InChI=1S/C19H20N4O4/c1-4-5-14-18(22-11-12(2)6-9-17(22)21-14)19(24)20-13-7-8-16(27-3)15(10-13)23(25)26/h6-11H,4-5H2,1-3H3,(H,20,24). The molecular formula is C19H20N4O4. The summed E-state index contributed by atoms with van der Waals surface area (Å²) in [5, 5.41) is 13.9. The quantitative estimate of drug-likeness (QED) is 0.527. The van der Waals surface area contributed by atoms with Crippen LogP contribution in [0.3, 0.4) is 0 Å². The Morgan fingerprint density at radius 3 is 2.78 bits per heavy atom. The van der Waals surface area contributed by atoms with Crippen LogP contribution in [0.5, 0.6) is 5.75 Å². The maximum Gasteiger partial charge on any atom is 0.312 e. The minimum atomic E-state index is -0.547. The smallest absolute Gasteiger partial charge is 0.312 e. The summed E-state index contributed by atoms with van der Waals surface area (Å²) >= 11 is 0. The first kappa shape index (κ1) is 18.4. The Labute approximate surface area is 155 Å². The molecule has 0 unspecified atom stereocenters. The molecule has 1 aromatic carbocycles. The van der Waals surface area contributed by atoms with Crippen molar-refractivity contribution in [2.45, 2.75) is 26.7 Å². The molecule has 0 spiro atoms. The number of ether oxygens (including phenoxy) is 1. The number of methoxy groups -OCH3 is 1. The molecule has 0 aliphatic rings. The minimum absolute atomic E-state index is 0.134. The Balaban J connectivity index is 2.01. The van der Waals surface area contributed by atoms with Gasteiger partial charge in [-0.25, -0.2) is 4.98 Å². The fourth-order valence-electron chi connectivity index (χ4n) is 2.95. The van der Waals surface area contributed by atoms with Crippen LogP contribution in [-0.4, -0.2) is 27.3 Å². The number of amides is 1. The van der Waals surface area contributed by atoms with E-state index in [1.165, 1.54) is 19.2 Å². The molecule has 0 aliphatic carbocycles. The van der Waals surface area contributed by atoms with Crippen molar-refractivity contribution in [3.8, 4) is 5.75 Å². The van der Waals surface area contributed by atoms with Gasteiger partial charge < -0.3 is 10.1 Å². The normalized spacial score (nSPS) is 10.8. The number of benzene rings is 1. The van der Waals surface area contributed by atoms with Crippen LogP contribution in [-0.2, 0) is 6.42 Å². The van der Waals surface area contributed by atoms with Gasteiger partial charge in [-0.1, -0.05) is 19.4 Å². The van der Waals surface area contributed by atoms with E-state index in [1.807, 2.05) is 32.2 Å². The van der Waals surface area contributed by atoms with Gasteiger partial charge in [0.15, 0.2) is 5.75 Å². The van der Waals surface area contributed by atoms with Crippen molar-refractivity contribution in [3.63, 3.8) is 0 Å². The zero-order valence-electron chi connectivity index (χ0n) is 15.4. The van der Waals surface area contributed by atoms with Gasteiger partial charge in [0.2, 0.25) is 0 Å². The van der Waals surface area contributed by atoms with Crippen molar-refractivity contribution < 1.29 is 14.5 Å². The van der Waals surface area contributed by atoms with Gasteiger partial charge in [0.25, 0.3) is 5.91 Å². The minimum Gasteiger partial charge on any atom is -0.490 e. The maximum absolute atomic E-state index is 13.0. The van der Waals surface area contributed by atoms with Crippen molar-refractivity contribution >= 4 is 22.9 Å². The van der Waals surface area contributed by atoms with Crippen molar-refractivity contribution in [2.75, 3.05) is 12.4 Å². The number of hydrogen-bond acceptors (Lipinski definition) is 5. The second kappa shape index (κ2) is 7.45. The molecule has 8 heteroatoms. The lowest BCUT2D eigenvalue weighted by molar-refractivity contribution is -0.385. The fraction of sp³-hybridized carbons (Fsp3) is 0.263. The summed E-state index contributed by atoms with van der Waals surface area (Å²) < 4.78 is 6.75. The monoisotopic (exact) mass is 368 g/mol. The molecule has 0 bridgehead atoms. The molecule has 0 radical (unpaired) electrons. The highest BCUT2D eigenvalue weighted by molar-refractivity contribution is 6.04. The van der Waals surface area contributed by atoms with Crippen LogP contribution in [0, 0.1) is 17.0 Å². The van der Waals surface area contributed by atoms with Crippen molar-refractivity contribution in [1.29, 1.82) is 0 Å². The zero-order chi connectivity index (χ0) is 19.6. The number of nitro benzene ring substituents is 1. The average molecular weight is 368 g/mol. The Hall–Kier alpha value is -3.42. The molecule has 1 amide bonds. The van der Waals surface area contributed by atoms with Crippen LogP contribution < -0.4 is 10.1 Å². The van der Waals surface area contributed by atoms with Crippen LogP contribution in [0.15, 0.2) is 36.5 Å². The first-order valence-corrected chi connectivity index (χ1v) is 8.56. The molecule has 1 N–H and O–H groups in total. The number of carbonyl (C=O) groups excluding carboxylic acids is 1. The number of aromatic nitrogens is 2. The molecular weight excluding hydrogens is 348 g/mol. The van der Waals surface area contributed by atoms with E-state index in [0.717, 1.165) is 12.0 Å². The summed E-state index contributed by atoms with van der Waals surface area (Å²) in [4.78, 5) is 28.2. The molecule has 0 saturated carbocycles. The van der Waals surface area contributed by atoms with E-state index in [2.05, 4.69) is 10.3 Å². The summed E-state index contributed by atoms with van der Waals surface area (Å²) in [5.41, 5.74) is 2.93. The molecule has 0 aliphatic heterocycles. The number of fused-ring (bicyclic) bond motifs is 1. The van der Waals surface area contributed by atoms with Crippen molar-refractivity contribution in [1.82, 2.24) is 9.38 Å². The van der Waals surface area contributed by atoms with Crippen molar-refractivity contribution in [3.05, 3.63) is 63.6 Å². The van der Waals surface area contributed by atoms with Gasteiger partial charge in [0.1, 0.15) is 11.3 Å². The number of pyridine rings is 1. The summed E-state index contributed by atoms with van der Waals surface area (Å²) in [6.07, 6.45) is 3.36. The lowest BCUT2D eigenvalue weighted by Crippen LogP contribution is -2.16. The molecule has 2 aromatic heterocycles. The Bertz CT molecular complexity index is 1030. The van der Waals surface area contributed by atoms with E-state index in [4.69, 9.17) is 4.74 Å². The van der Waals surface area contributed by atoms with Gasteiger partial charge in [0, 0.05) is 18.0 Å². The molecule has 27 heavy (non-hydrogen) atoms. The Morgan fingerprint density at radius 1 is 1.33 bits per heavy atom. The zero-order valence-corrected chi connectivity index (χ0v) is 15.4. The second-order valence-electron chi connectivity index (χ2n) is 6.19. The Kier molecular flexibility index (Phi) is 5.07. The van der Waals surface area contributed by atoms with Gasteiger partial charge in [-0.2, -0.15) is 0 Å². The highest BCUT2D eigenvalue weighted by Crippen LogP contribution is 2.30. The molecule has 3 aromatic rings. The van der Waals surface area contributed by atoms with E-state index in [-0.39, 0.29) is 17.3 Å². The summed E-state index contributed by atoms with van der Waals surface area (Å²) in [7, 11) is 1.36. The number of rotatable bonds is 6. The molecule has 0 fully saturated rings. The number of nitrogens with zero attached hydrogens (tertiary/aromatic N) is 3. The van der Waals surface area contributed by atoms with E-state index >= 15 is 0 Å². The molecule has 8 nitrogen and oxygen atoms in total. The average Bonchev–Trinajstić information content (AvgIpc) is 2.99. The van der Waals surface area contributed by atoms with Gasteiger partial charge in [-0.15, -0.1) is 0 Å². The third kappa shape index (κ3) is 3.59. The summed E-state index contributed by atoms with van der Waals surface area (Å²) in [6.45, 7) is 3.96. The number of hydrogen-bond donors (Lipinski definition) is 1. The van der Waals surface area contributed by atoms with Gasteiger partial charge in [0.05, 0.1) is 17.7 Å². The van der Waals surface area contributed by atoms with Crippen LogP contribution in [0.2, 0.25) is 0 Å². The lowest BCUT2D eigenvalue weighted by Gasteiger charge is -2.09. The van der Waals surface area contributed by atoms with E-state index in [9.17, 15) is 14.9 Å². The first-order chi connectivity index (χ1) is 12.9. The number of imidazole rings is 1. The number of anilines is 1. The second-order valence-corrected chi connectivity index (χ2v) is 6.19. The third-order valence-electron chi connectivity index (χ3n) is 4.17. The lowest BCUT2D eigenvalue weighted by atomic mass is 10.2. The van der Waals surface area contributed by atoms with E-state index in [1.54, 1.807) is 10.5 Å². The largest absolute Gasteiger partial charge is 0.490 e. The highest BCUT2D eigenvalue weighted by atomic mass is 16.6. The third-order valence-corrected chi connectivity index (χ3v) is 4.17.